The number of piperazine rings is 1. The number of amides is 1. The number of nitrogens with zero attached hydrogens (tertiary/aromatic N) is 4. The zero-order chi connectivity index (χ0) is 16.5. The Kier molecular flexibility index (Phi) is 4.10. The molecule has 1 aromatic carbocycles. The maximum atomic E-state index is 12.1. The third-order valence-corrected chi connectivity index (χ3v) is 4.88. The van der Waals surface area contributed by atoms with E-state index >= 15 is 0 Å². The van der Waals surface area contributed by atoms with Crippen LogP contribution in [0.5, 0.6) is 0 Å². The summed E-state index contributed by atoms with van der Waals surface area (Å²) >= 11 is 5.91. The Morgan fingerprint density at radius 1 is 0.958 bits per heavy atom. The fraction of sp³-hybridized carbons (Fsp3) is 0.389. The smallest absolute Gasteiger partial charge is 0.225 e. The molecule has 2 aliphatic rings. The summed E-state index contributed by atoms with van der Waals surface area (Å²) in [6.45, 7) is 3.17. The van der Waals surface area contributed by atoms with Crippen LogP contribution in [0.2, 0.25) is 5.02 Å². The van der Waals surface area contributed by atoms with Crippen molar-refractivity contribution < 1.29 is 4.79 Å². The van der Waals surface area contributed by atoms with Gasteiger partial charge in [-0.25, -0.2) is 0 Å². The van der Waals surface area contributed by atoms with Gasteiger partial charge < -0.3 is 9.80 Å². The minimum Gasteiger partial charge on any atom is -0.352 e. The van der Waals surface area contributed by atoms with Crippen LogP contribution in [0, 0.1) is 5.92 Å². The number of hydrogen-bond donors (Lipinski definition) is 0. The highest BCUT2D eigenvalue weighted by atomic mass is 35.5. The molecule has 1 amide bonds. The Morgan fingerprint density at radius 3 is 2.25 bits per heavy atom. The summed E-state index contributed by atoms with van der Waals surface area (Å²) in [4.78, 5) is 16.3. The van der Waals surface area contributed by atoms with E-state index in [0.717, 1.165) is 56.1 Å². The molecule has 0 atom stereocenters. The van der Waals surface area contributed by atoms with Gasteiger partial charge in [0.2, 0.25) is 5.91 Å². The van der Waals surface area contributed by atoms with Crippen molar-refractivity contribution in [3.8, 4) is 11.3 Å². The van der Waals surface area contributed by atoms with Gasteiger partial charge in [-0.3, -0.25) is 4.79 Å². The summed E-state index contributed by atoms with van der Waals surface area (Å²) < 4.78 is 0. The molecule has 4 rings (SSSR count). The average molecular weight is 343 g/mol. The normalized spacial score (nSPS) is 17.9. The van der Waals surface area contributed by atoms with Gasteiger partial charge in [-0.1, -0.05) is 23.7 Å². The largest absolute Gasteiger partial charge is 0.352 e. The molecule has 0 unspecified atom stereocenters. The first-order chi connectivity index (χ1) is 11.7. The molecule has 5 nitrogen and oxygen atoms in total. The number of aromatic nitrogens is 2. The van der Waals surface area contributed by atoms with Crippen LogP contribution in [0.3, 0.4) is 0 Å². The van der Waals surface area contributed by atoms with Crippen molar-refractivity contribution in [2.24, 2.45) is 5.92 Å². The fourth-order valence-electron chi connectivity index (χ4n) is 3.01. The standard InChI is InChI=1S/C18H19ClN4O/c19-15-5-3-13(4-6-15)16-7-8-17(21-20-16)22-9-11-23(12-10-22)18(24)14-1-2-14/h3-8,14H,1-2,9-12H2. The Morgan fingerprint density at radius 2 is 1.67 bits per heavy atom. The van der Waals surface area contributed by atoms with E-state index in [9.17, 15) is 4.79 Å². The lowest BCUT2D eigenvalue weighted by atomic mass is 10.1. The van der Waals surface area contributed by atoms with Crippen molar-refractivity contribution in [2.45, 2.75) is 12.8 Å². The molecule has 1 saturated carbocycles. The Labute approximate surface area is 146 Å². The van der Waals surface area contributed by atoms with Crippen LogP contribution in [0.25, 0.3) is 11.3 Å². The number of benzene rings is 1. The highest BCUT2D eigenvalue weighted by Crippen LogP contribution is 2.31. The molecule has 0 radical (unpaired) electrons. The van der Waals surface area contributed by atoms with Gasteiger partial charge >= 0.3 is 0 Å². The Bertz CT molecular complexity index is 720. The molecule has 2 heterocycles. The zero-order valence-corrected chi connectivity index (χ0v) is 14.1. The second-order valence-electron chi connectivity index (χ2n) is 6.37. The zero-order valence-electron chi connectivity index (χ0n) is 13.4. The van der Waals surface area contributed by atoms with Gasteiger partial charge in [0.1, 0.15) is 0 Å². The second-order valence-corrected chi connectivity index (χ2v) is 6.81. The van der Waals surface area contributed by atoms with Crippen molar-refractivity contribution in [3.63, 3.8) is 0 Å². The number of halogens is 1. The van der Waals surface area contributed by atoms with Crippen molar-refractivity contribution >= 4 is 23.3 Å². The van der Waals surface area contributed by atoms with Crippen molar-refractivity contribution in [2.75, 3.05) is 31.1 Å². The van der Waals surface area contributed by atoms with Gasteiger partial charge in [0.05, 0.1) is 5.69 Å². The van der Waals surface area contributed by atoms with E-state index in [2.05, 4.69) is 15.1 Å². The van der Waals surface area contributed by atoms with Gasteiger partial charge in [-0.05, 0) is 37.1 Å². The monoisotopic (exact) mass is 342 g/mol. The minimum atomic E-state index is 0.301. The topological polar surface area (TPSA) is 49.3 Å². The fourth-order valence-corrected chi connectivity index (χ4v) is 3.14. The van der Waals surface area contributed by atoms with Crippen LogP contribution in [0.4, 0.5) is 5.82 Å². The van der Waals surface area contributed by atoms with Crippen LogP contribution in [-0.2, 0) is 4.79 Å². The summed E-state index contributed by atoms with van der Waals surface area (Å²) in [5, 5.41) is 9.40. The second kappa shape index (κ2) is 6.40. The third-order valence-electron chi connectivity index (χ3n) is 4.63. The van der Waals surface area contributed by atoms with Gasteiger partial charge in [-0.2, -0.15) is 0 Å². The Hall–Kier alpha value is -2.14. The lowest BCUT2D eigenvalue weighted by molar-refractivity contribution is -0.132. The van der Waals surface area contributed by atoms with Crippen molar-refractivity contribution in [3.05, 3.63) is 41.4 Å². The predicted molar refractivity (Wildman–Crippen MR) is 94.0 cm³/mol. The summed E-state index contributed by atoms with van der Waals surface area (Å²) in [6.07, 6.45) is 2.13. The van der Waals surface area contributed by atoms with Crippen LogP contribution in [-0.4, -0.2) is 47.2 Å². The average Bonchev–Trinajstić information content (AvgIpc) is 3.47. The lowest BCUT2D eigenvalue weighted by Crippen LogP contribution is -2.49. The maximum absolute atomic E-state index is 12.1. The van der Waals surface area contributed by atoms with E-state index in [4.69, 9.17) is 11.6 Å². The summed E-state index contributed by atoms with van der Waals surface area (Å²) in [5.41, 5.74) is 1.83. The highest BCUT2D eigenvalue weighted by molar-refractivity contribution is 6.30. The van der Waals surface area contributed by atoms with E-state index in [-0.39, 0.29) is 0 Å². The number of rotatable bonds is 3. The van der Waals surface area contributed by atoms with Gasteiger partial charge in [0.15, 0.2) is 5.82 Å². The summed E-state index contributed by atoms with van der Waals surface area (Å²) in [6, 6.07) is 11.6. The van der Waals surface area contributed by atoms with E-state index in [1.165, 1.54) is 0 Å². The van der Waals surface area contributed by atoms with Crippen LogP contribution >= 0.6 is 11.6 Å². The van der Waals surface area contributed by atoms with E-state index < -0.39 is 0 Å². The third kappa shape index (κ3) is 3.22. The molecule has 1 aromatic heterocycles. The first kappa shape index (κ1) is 15.4. The molecule has 1 aliphatic heterocycles. The molecule has 1 saturated heterocycles. The van der Waals surface area contributed by atoms with E-state index in [0.29, 0.717) is 16.8 Å². The molecule has 1 aliphatic carbocycles. The van der Waals surface area contributed by atoms with Gasteiger partial charge in [0.25, 0.3) is 0 Å². The van der Waals surface area contributed by atoms with E-state index in [1.807, 2.05) is 41.3 Å². The number of carbonyl (C=O) groups is 1. The maximum Gasteiger partial charge on any atom is 0.225 e. The van der Waals surface area contributed by atoms with Crippen LogP contribution in [0.15, 0.2) is 36.4 Å². The lowest BCUT2D eigenvalue weighted by Gasteiger charge is -2.35. The summed E-state index contributed by atoms with van der Waals surface area (Å²) in [7, 11) is 0. The molecule has 24 heavy (non-hydrogen) atoms. The first-order valence-corrected chi connectivity index (χ1v) is 8.72. The molecule has 0 N–H and O–H groups in total. The quantitative estimate of drug-likeness (QED) is 0.860. The minimum absolute atomic E-state index is 0.301. The number of carbonyl (C=O) groups excluding carboxylic acids is 1. The molecule has 6 heteroatoms. The Balaban J connectivity index is 1.40. The molecule has 0 bridgehead atoms. The van der Waals surface area contributed by atoms with Crippen LogP contribution in [0.1, 0.15) is 12.8 Å². The first-order valence-electron chi connectivity index (χ1n) is 8.34. The predicted octanol–water partition coefficient (Wildman–Crippen LogP) is 2.86. The van der Waals surface area contributed by atoms with Gasteiger partial charge in [-0.15, -0.1) is 10.2 Å². The van der Waals surface area contributed by atoms with E-state index in [1.54, 1.807) is 0 Å². The molecule has 2 aromatic rings. The molecule has 0 spiro atoms. The summed E-state index contributed by atoms with van der Waals surface area (Å²) in [5.74, 6) is 1.50. The highest BCUT2D eigenvalue weighted by Gasteiger charge is 2.34. The van der Waals surface area contributed by atoms with Crippen molar-refractivity contribution in [1.82, 2.24) is 15.1 Å². The number of hydrogen-bond acceptors (Lipinski definition) is 4. The van der Waals surface area contributed by atoms with Crippen molar-refractivity contribution in [1.29, 1.82) is 0 Å². The molecular weight excluding hydrogens is 324 g/mol. The molecule has 124 valence electrons. The molecular formula is C18H19ClN4O. The SMILES string of the molecule is O=C(C1CC1)N1CCN(c2ccc(-c3ccc(Cl)cc3)nn2)CC1. The van der Waals surface area contributed by atoms with Gasteiger partial charge in [0, 0.05) is 42.7 Å². The number of anilines is 1. The molecule has 2 fully saturated rings. The van der Waals surface area contributed by atoms with Crippen LogP contribution < -0.4 is 4.90 Å².